The van der Waals surface area contributed by atoms with Gasteiger partial charge in [0, 0.05) is 25.0 Å². The highest BCUT2D eigenvalue weighted by Crippen LogP contribution is 2.42. The molecule has 2 rings (SSSR count). The van der Waals surface area contributed by atoms with E-state index in [-0.39, 0.29) is 0 Å². The van der Waals surface area contributed by atoms with Gasteiger partial charge in [-0.15, -0.1) is 0 Å². The Hall–Kier alpha value is -0.570. The van der Waals surface area contributed by atoms with Crippen LogP contribution in [0.1, 0.15) is 53.4 Å². The Morgan fingerprint density at radius 3 is 1.94 bits per heavy atom. The second-order valence-corrected chi connectivity index (χ2v) is 6.74. The van der Waals surface area contributed by atoms with E-state index in [4.69, 9.17) is 0 Å². The summed E-state index contributed by atoms with van der Waals surface area (Å²) in [5.74, 6) is 0.384. The van der Waals surface area contributed by atoms with Crippen molar-refractivity contribution in [3.8, 4) is 0 Å². The van der Waals surface area contributed by atoms with Crippen molar-refractivity contribution >= 4 is 5.91 Å². The predicted molar refractivity (Wildman–Crippen MR) is 74.5 cm³/mol. The summed E-state index contributed by atoms with van der Waals surface area (Å²) in [6, 6.07) is 1.01. The molecule has 2 heterocycles. The van der Waals surface area contributed by atoms with Crippen LogP contribution in [0.2, 0.25) is 0 Å². The maximum absolute atomic E-state index is 12.2. The summed E-state index contributed by atoms with van der Waals surface area (Å²) < 4.78 is 0. The molecule has 0 radical (unpaired) electrons. The van der Waals surface area contributed by atoms with Crippen LogP contribution in [-0.4, -0.2) is 47.4 Å². The average Bonchev–Trinajstić information content (AvgIpc) is 2.29. The van der Waals surface area contributed by atoms with E-state index in [2.05, 4.69) is 37.5 Å². The van der Waals surface area contributed by atoms with Gasteiger partial charge < -0.3 is 9.80 Å². The Balaban J connectivity index is 1.94. The van der Waals surface area contributed by atoms with E-state index in [1.54, 1.807) is 0 Å². The van der Waals surface area contributed by atoms with Gasteiger partial charge in [0.25, 0.3) is 0 Å². The van der Waals surface area contributed by atoms with Crippen molar-refractivity contribution in [3.05, 3.63) is 0 Å². The summed E-state index contributed by atoms with van der Waals surface area (Å²) in [5.41, 5.74) is 0.327. The van der Waals surface area contributed by atoms with Gasteiger partial charge in [-0.05, 0) is 65.5 Å². The lowest BCUT2D eigenvalue weighted by molar-refractivity contribution is -0.142. The highest BCUT2D eigenvalue weighted by atomic mass is 16.2. The lowest BCUT2D eigenvalue weighted by Gasteiger charge is -2.48. The Morgan fingerprint density at radius 2 is 1.50 bits per heavy atom. The topological polar surface area (TPSA) is 23.6 Å². The standard InChI is InChI=1S/C15H28N2O/c1-12(2)16-8-5-15(6-9-16)7-10-17(13(3)4)14(18)11-15/h12-13H,5-11H2,1-4H3. The lowest BCUT2D eigenvalue weighted by Crippen LogP contribution is -2.51. The van der Waals surface area contributed by atoms with Crippen molar-refractivity contribution in [2.75, 3.05) is 19.6 Å². The molecular weight excluding hydrogens is 224 g/mol. The molecule has 18 heavy (non-hydrogen) atoms. The molecule has 3 heteroatoms. The zero-order valence-corrected chi connectivity index (χ0v) is 12.4. The van der Waals surface area contributed by atoms with Gasteiger partial charge in [-0.2, -0.15) is 0 Å². The highest BCUT2D eigenvalue weighted by Gasteiger charge is 2.41. The minimum absolute atomic E-state index is 0.327. The van der Waals surface area contributed by atoms with Crippen molar-refractivity contribution in [1.82, 2.24) is 9.80 Å². The molecule has 1 amide bonds. The molecule has 3 nitrogen and oxygen atoms in total. The largest absolute Gasteiger partial charge is 0.340 e. The molecule has 0 aromatic carbocycles. The quantitative estimate of drug-likeness (QED) is 0.754. The minimum Gasteiger partial charge on any atom is -0.340 e. The third kappa shape index (κ3) is 2.71. The number of carbonyl (C=O) groups is 1. The van der Waals surface area contributed by atoms with Crippen LogP contribution in [0.25, 0.3) is 0 Å². The SMILES string of the molecule is CC(C)N1CCC2(CC1)CCN(C(C)C)C(=O)C2. The molecule has 2 aliphatic heterocycles. The number of rotatable bonds is 2. The maximum Gasteiger partial charge on any atom is 0.223 e. The Bertz CT molecular complexity index is 298. The van der Waals surface area contributed by atoms with Crippen molar-refractivity contribution in [3.63, 3.8) is 0 Å². The fraction of sp³-hybridized carbons (Fsp3) is 0.933. The zero-order chi connectivity index (χ0) is 13.3. The summed E-state index contributed by atoms with van der Waals surface area (Å²) in [6.45, 7) is 12.1. The number of likely N-dealkylation sites (tertiary alicyclic amines) is 2. The molecule has 0 aliphatic carbocycles. The smallest absolute Gasteiger partial charge is 0.223 e. The van der Waals surface area contributed by atoms with Crippen molar-refractivity contribution in [1.29, 1.82) is 0 Å². The van der Waals surface area contributed by atoms with E-state index in [1.165, 1.54) is 32.4 Å². The fourth-order valence-electron chi connectivity index (χ4n) is 3.48. The van der Waals surface area contributed by atoms with Gasteiger partial charge >= 0.3 is 0 Å². The molecule has 0 aromatic rings. The highest BCUT2D eigenvalue weighted by molar-refractivity contribution is 5.78. The van der Waals surface area contributed by atoms with Crippen molar-refractivity contribution in [2.45, 2.75) is 65.5 Å². The number of hydrogen-bond acceptors (Lipinski definition) is 2. The number of carbonyl (C=O) groups excluding carboxylic acids is 1. The zero-order valence-electron chi connectivity index (χ0n) is 12.4. The van der Waals surface area contributed by atoms with Crippen LogP contribution in [-0.2, 0) is 4.79 Å². The van der Waals surface area contributed by atoms with Gasteiger partial charge in [0.05, 0.1) is 0 Å². The van der Waals surface area contributed by atoms with Crippen LogP contribution in [0, 0.1) is 5.41 Å². The monoisotopic (exact) mass is 252 g/mol. The number of nitrogens with zero attached hydrogens (tertiary/aromatic N) is 2. The molecule has 104 valence electrons. The normalized spacial score (nSPS) is 25.4. The molecular formula is C15H28N2O. The van der Waals surface area contributed by atoms with Crippen molar-refractivity contribution in [2.24, 2.45) is 5.41 Å². The first-order valence-electron chi connectivity index (χ1n) is 7.47. The third-order valence-corrected chi connectivity index (χ3v) is 4.94. The second kappa shape index (κ2) is 5.20. The molecule has 0 saturated carbocycles. The molecule has 0 N–H and O–H groups in total. The Kier molecular flexibility index (Phi) is 4.00. The van der Waals surface area contributed by atoms with Crippen LogP contribution in [0.4, 0.5) is 0 Å². The lowest BCUT2D eigenvalue weighted by atomic mass is 9.70. The van der Waals surface area contributed by atoms with E-state index in [1.807, 2.05) is 0 Å². The minimum atomic E-state index is 0.327. The van der Waals surface area contributed by atoms with E-state index >= 15 is 0 Å². The number of piperidine rings is 2. The Morgan fingerprint density at radius 1 is 0.944 bits per heavy atom. The average molecular weight is 252 g/mol. The molecule has 0 atom stereocenters. The molecule has 2 saturated heterocycles. The molecule has 2 fully saturated rings. The molecule has 0 unspecified atom stereocenters. The van der Waals surface area contributed by atoms with Gasteiger partial charge in [-0.3, -0.25) is 4.79 Å². The van der Waals surface area contributed by atoms with E-state index in [0.29, 0.717) is 23.4 Å². The predicted octanol–water partition coefficient (Wildman–Crippen LogP) is 2.51. The molecule has 2 aliphatic rings. The molecule has 0 aromatic heterocycles. The van der Waals surface area contributed by atoms with E-state index in [9.17, 15) is 4.79 Å². The Labute approximate surface area is 112 Å². The summed E-state index contributed by atoms with van der Waals surface area (Å²) in [5, 5.41) is 0. The van der Waals surface area contributed by atoms with E-state index in [0.717, 1.165) is 13.0 Å². The van der Waals surface area contributed by atoms with Crippen LogP contribution in [0.5, 0.6) is 0 Å². The van der Waals surface area contributed by atoms with E-state index < -0.39 is 0 Å². The van der Waals surface area contributed by atoms with Gasteiger partial charge in [-0.25, -0.2) is 0 Å². The van der Waals surface area contributed by atoms with Gasteiger partial charge in [-0.1, -0.05) is 0 Å². The molecule has 1 spiro atoms. The van der Waals surface area contributed by atoms with Crippen LogP contribution in [0.3, 0.4) is 0 Å². The summed E-state index contributed by atoms with van der Waals surface area (Å²) in [7, 11) is 0. The fourth-order valence-corrected chi connectivity index (χ4v) is 3.48. The van der Waals surface area contributed by atoms with Gasteiger partial charge in [0.2, 0.25) is 5.91 Å². The number of amides is 1. The summed E-state index contributed by atoms with van der Waals surface area (Å²) in [4.78, 5) is 16.8. The maximum atomic E-state index is 12.2. The van der Waals surface area contributed by atoms with Crippen LogP contribution >= 0.6 is 0 Å². The first kappa shape index (κ1) is 13.9. The van der Waals surface area contributed by atoms with Crippen LogP contribution in [0.15, 0.2) is 0 Å². The van der Waals surface area contributed by atoms with Gasteiger partial charge in [0.15, 0.2) is 0 Å². The van der Waals surface area contributed by atoms with Crippen LogP contribution < -0.4 is 0 Å². The molecule has 0 bridgehead atoms. The van der Waals surface area contributed by atoms with Crippen molar-refractivity contribution < 1.29 is 4.79 Å². The first-order valence-corrected chi connectivity index (χ1v) is 7.47. The first-order chi connectivity index (χ1) is 8.43. The third-order valence-electron chi connectivity index (χ3n) is 4.94. The second-order valence-electron chi connectivity index (χ2n) is 6.74. The summed E-state index contributed by atoms with van der Waals surface area (Å²) in [6.07, 6.45) is 4.42. The number of hydrogen-bond donors (Lipinski definition) is 0. The van der Waals surface area contributed by atoms with Gasteiger partial charge in [0.1, 0.15) is 0 Å². The summed E-state index contributed by atoms with van der Waals surface area (Å²) >= 11 is 0.